The molecule has 0 aromatic heterocycles. The fraction of sp³-hybridized carbons (Fsp3) is 0.158. The van der Waals surface area contributed by atoms with Gasteiger partial charge in [0.15, 0.2) is 6.61 Å². The molecule has 2 aromatic carbocycles. The maximum atomic E-state index is 11.9. The Kier molecular flexibility index (Phi) is 4.91. The number of ether oxygens (including phenoxy) is 1. The predicted molar refractivity (Wildman–Crippen MR) is 91.3 cm³/mol. The largest absolute Gasteiger partial charge is 0.484 e. The SMILES string of the molecule is O=C(COc1ccccc1)NC1C(=O)NC1/C=C\c1ccccc1. The van der Waals surface area contributed by atoms with Crippen molar-refractivity contribution in [2.24, 2.45) is 0 Å². The second-order valence-corrected chi connectivity index (χ2v) is 5.45. The van der Waals surface area contributed by atoms with Crippen molar-refractivity contribution in [3.8, 4) is 5.75 Å². The highest BCUT2D eigenvalue weighted by Crippen LogP contribution is 2.11. The summed E-state index contributed by atoms with van der Waals surface area (Å²) < 4.78 is 5.38. The molecule has 0 spiro atoms. The number of para-hydroxylation sites is 1. The van der Waals surface area contributed by atoms with Crippen LogP contribution in [0.1, 0.15) is 5.56 Å². The smallest absolute Gasteiger partial charge is 0.258 e. The van der Waals surface area contributed by atoms with E-state index in [1.165, 1.54) is 0 Å². The minimum atomic E-state index is -0.558. The summed E-state index contributed by atoms with van der Waals surface area (Å²) in [6.07, 6.45) is 3.80. The van der Waals surface area contributed by atoms with E-state index in [-0.39, 0.29) is 24.5 Å². The number of benzene rings is 2. The lowest BCUT2D eigenvalue weighted by Crippen LogP contribution is -2.68. The van der Waals surface area contributed by atoms with E-state index in [0.29, 0.717) is 5.75 Å². The lowest BCUT2D eigenvalue weighted by molar-refractivity contribution is -0.135. The number of carbonyl (C=O) groups is 2. The first kappa shape index (κ1) is 15.8. The molecule has 5 nitrogen and oxygen atoms in total. The van der Waals surface area contributed by atoms with Crippen LogP contribution in [0.4, 0.5) is 0 Å². The van der Waals surface area contributed by atoms with Crippen LogP contribution < -0.4 is 15.4 Å². The first-order chi connectivity index (χ1) is 11.7. The molecule has 1 fully saturated rings. The number of nitrogens with one attached hydrogen (secondary N) is 2. The summed E-state index contributed by atoms with van der Waals surface area (Å²) >= 11 is 0. The van der Waals surface area contributed by atoms with E-state index in [2.05, 4.69) is 10.6 Å². The Balaban J connectivity index is 1.50. The molecule has 2 unspecified atom stereocenters. The Morgan fingerprint density at radius 2 is 1.75 bits per heavy atom. The Morgan fingerprint density at radius 1 is 1.08 bits per heavy atom. The fourth-order valence-corrected chi connectivity index (χ4v) is 2.38. The third kappa shape index (κ3) is 4.01. The van der Waals surface area contributed by atoms with Gasteiger partial charge in [-0.15, -0.1) is 0 Å². The minimum Gasteiger partial charge on any atom is -0.484 e. The van der Waals surface area contributed by atoms with Gasteiger partial charge in [0.05, 0.1) is 6.04 Å². The standard InChI is InChI=1S/C19H18N2O3/c22-17(13-24-15-9-5-2-6-10-15)21-18-16(20-19(18)23)12-11-14-7-3-1-4-8-14/h1-12,16,18H,13H2,(H,20,23)(H,21,22)/b12-11-. The van der Waals surface area contributed by atoms with Crippen LogP contribution in [-0.2, 0) is 9.59 Å². The van der Waals surface area contributed by atoms with Crippen molar-refractivity contribution in [2.45, 2.75) is 12.1 Å². The van der Waals surface area contributed by atoms with Gasteiger partial charge in [0, 0.05) is 0 Å². The van der Waals surface area contributed by atoms with Gasteiger partial charge in [-0.2, -0.15) is 0 Å². The average Bonchev–Trinajstić information content (AvgIpc) is 2.63. The molecule has 1 saturated heterocycles. The molecule has 0 saturated carbocycles. The van der Waals surface area contributed by atoms with E-state index in [0.717, 1.165) is 5.56 Å². The monoisotopic (exact) mass is 322 g/mol. The van der Waals surface area contributed by atoms with Crippen molar-refractivity contribution >= 4 is 17.9 Å². The summed E-state index contributed by atoms with van der Waals surface area (Å²) in [5.74, 6) is 0.105. The van der Waals surface area contributed by atoms with Crippen LogP contribution in [0, 0.1) is 0 Å². The summed E-state index contributed by atoms with van der Waals surface area (Å²) in [5.41, 5.74) is 1.04. The van der Waals surface area contributed by atoms with Crippen LogP contribution in [0.3, 0.4) is 0 Å². The van der Waals surface area contributed by atoms with Crippen molar-refractivity contribution in [3.05, 3.63) is 72.3 Å². The first-order valence-corrected chi connectivity index (χ1v) is 7.73. The molecule has 1 heterocycles. The fourth-order valence-electron chi connectivity index (χ4n) is 2.38. The number of carbonyl (C=O) groups excluding carboxylic acids is 2. The molecule has 1 aliphatic rings. The maximum Gasteiger partial charge on any atom is 0.258 e. The molecule has 3 rings (SSSR count). The molecule has 24 heavy (non-hydrogen) atoms. The maximum absolute atomic E-state index is 11.9. The third-order valence-electron chi connectivity index (χ3n) is 3.68. The molecule has 2 N–H and O–H groups in total. The summed E-state index contributed by atoms with van der Waals surface area (Å²) in [4.78, 5) is 23.6. The molecular weight excluding hydrogens is 304 g/mol. The van der Waals surface area contributed by atoms with E-state index in [1.54, 1.807) is 12.1 Å². The van der Waals surface area contributed by atoms with Gasteiger partial charge in [-0.25, -0.2) is 0 Å². The topological polar surface area (TPSA) is 67.4 Å². The van der Waals surface area contributed by atoms with Crippen molar-refractivity contribution < 1.29 is 14.3 Å². The zero-order valence-corrected chi connectivity index (χ0v) is 13.0. The van der Waals surface area contributed by atoms with Crippen LogP contribution in [0.2, 0.25) is 0 Å². The molecule has 122 valence electrons. The molecule has 2 aromatic rings. The first-order valence-electron chi connectivity index (χ1n) is 7.73. The van der Waals surface area contributed by atoms with Gasteiger partial charge in [-0.05, 0) is 17.7 Å². The zero-order chi connectivity index (χ0) is 16.8. The summed E-state index contributed by atoms with van der Waals surface area (Å²) in [5, 5.41) is 5.46. The van der Waals surface area contributed by atoms with Crippen molar-refractivity contribution in [1.29, 1.82) is 0 Å². The minimum absolute atomic E-state index is 0.122. The molecule has 0 aliphatic carbocycles. The Morgan fingerprint density at radius 3 is 2.42 bits per heavy atom. The van der Waals surface area contributed by atoms with Crippen LogP contribution >= 0.6 is 0 Å². The van der Waals surface area contributed by atoms with Crippen LogP contribution in [0.5, 0.6) is 5.75 Å². The Hall–Kier alpha value is -3.08. The van der Waals surface area contributed by atoms with Gasteiger partial charge >= 0.3 is 0 Å². The highest BCUT2D eigenvalue weighted by Gasteiger charge is 2.38. The quantitative estimate of drug-likeness (QED) is 0.797. The van der Waals surface area contributed by atoms with Crippen LogP contribution in [0.15, 0.2) is 66.7 Å². The van der Waals surface area contributed by atoms with Crippen molar-refractivity contribution in [1.82, 2.24) is 10.6 Å². The predicted octanol–water partition coefficient (Wildman–Crippen LogP) is 1.76. The molecule has 0 bridgehead atoms. The van der Waals surface area contributed by atoms with Crippen LogP contribution in [0.25, 0.3) is 6.08 Å². The zero-order valence-electron chi connectivity index (χ0n) is 13.0. The lowest BCUT2D eigenvalue weighted by Gasteiger charge is -2.35. The third-order valence-corrected chi connectivity index (χ3v) is 3.68. The number of amides is 2. The highest BCUT2D eigenvalue weighted by atomic mass is 16.5. The molecule has 5 heteroatoms. The molecular formula is C19H18N2O3. The average molecular weight is 322 g/mol. The summed E-state index contributed by atoms with van der Waals surface area (Å²) in [7, 11) is 0. The van der Waals surface area contributed by atoms with E-state index in [1.807, 2.05) is 60.7 Å². The van der Waals surface area contributed by atoms with Gasteiger partial charge in [-0.3, -0.25) is 9.59 Å². The normalized spacial score (nSPS) is 19.4. The van der Waals surface area contributed by atoms with Crippen molar-refractivity contribution in [3.63, 3.8) is 0 Å². The highest BCUT2D eigenvalue weighted by molar-refractivity contribution is 5.94. The molecule has 2 atom stereocenters. The van der Waals surface area contributed by atoms with Gasteiger partial charge in [0.2, 0.25) is 5.91 Å². The Labute approximate surface area is 140 Å². The van der Waals surface area contributed by atoms with E-state index in [9.17, 15) is 9.59 Å². The molecule has 1 aliphatic heterocycles. The number of hydrogen-bond acceptors (Lipinski definition) is 3. The van der Waals surface area contributed by atoms with Crippen LogP contribution in [-0.4, -0.2) is 30.5 Å². The van der Waals surface area contributed by atoms with Gasteiger partial charge in [0.25, 0.3) is 5.91 Å². The van der Waals surface area contributed by atoms with Crippen molar-refractivity contribution in [2.75, 3.05) is 6.61 Å². The van der Waals surface area contributed by atoms with Gasteiger partial charge < -0.3 is 15.4 Å². The van der Waals surface area contributed by atoms with Gasteiger partial charge in [-0.1, -0.05) is 60.7 Å². The number of hydrogen-bond donors (Lipinski definition) is 2. The number of β-lactam (4-membered cyclic amide) rings is 1. The molecule has 0 radical (unpaired) electrons. The Bertz CT molecular complexity index is 729. The van der Waals surface area contributed by atoms with E-state index in [4.69, 9.17) is 4.74 Å². The number of rotatable bonds is 6. The molecule has 2 amide bonds. The second kappa shape index (κ2) is 7.46. The summed E-state index contributed by atoms with van der Waals surface area (Å²) in [6.45, 7) is -0.122. The summed E-state index contributed by atoms with van der Waals surface area (Å²) in [6, 6.07) is 18.1. The van der Waals surface area contributed by atoms with E-state index >= 15 is 0 Å². The van der Waals surface area contributed by atoms with Gasteiger partial charge in [0.1, 0.15) is 11.8 Å². The van der Waals surface area contributed by atoms with E-state index < -0.39 is 6.04 Å². The lowest BCUT2D eigenvalue weighted by atomic mass is 9.97. The second-order valence-electron chi connectivity index (χ2n) is 5.45.